The maximum absolute atomic E-state index is 10.8. The van der Waals surface area contributed by atoms with E-state index in [1.165, 1.54) is 5.56 Å². The van der Waals surface area contributed by atoms with E-state index in [4.69, 9.17) is 4.98 Å². The Morgan fingerprint density at radius 2 is 1.95 bits per heavy atom. The van der Waals surface area contributed by atoms with Gasteiger partial charge in [-0.2, -0.15) is 0 Å². The summed E-state index contributed by atoms with van der Waals surface area (Å²) in [7, 11) is 0. The number of aryl methyl sites for hydroxylation is 1. The van der Waals surface area contributed by atoms with E-state index < -0.39 is 0 Å². The van der Waals surface area contributed by atoms with Crippen molar-refractivity contribution in [3.05, 3.63) is 75.6 Å². The zero-order chi connectivity index (χ0) is 14.7. The van der Waals surface area contributed by atoms with Gasteiger partial charge in [0.25, 0.3) is 0 Å². The SMILES string of the molecule is Cc1cc(C=O)ccc1Cc1nc(-c2ccccc2)cs1. The van der Waals surface area contributed by atoms with Gasteiger partial charge >= 0.3 is 0 Å². The van der Waals surface area contributed by atoms with Gasteiger partial charge in [-0.3, -0.25) is 4.79 Å². The van der Waals surface area contributed by atoms with Crippen LogP contribution in [0.2, 0.25) is 0 Å². The number of aldehydes is 1. The van der Waals surface area contributed by atoms with E-state index in [2.05, 4.69) is 17.5 Å². The second-order valence-corrected chi connectivity index (χ2v) is 5.92. The molecule has 1 aromatic heterocycles. The number of nitrogens with zero attached hydrogens (tertiary/aromatic N) is 1. The van der Waals surface area contributed by atoms with Crippen molar-refractivity contribution < 1.29 is 4.79 Å². The number of benzene rings is 2. The predicted molar refractivity (Wildman–Crippen MR) is 86.9 cm³/mol. The molecule has 0 aliphatic heterocycles. The summed E-state index contributed by atoms with van der Waals surface area (Å²) in [5, 5.41) is 3.19. The normalized spacial score (nSPS) is 10.5. The molecule has 0 unspecified atom stereocenters. The summed E-state index contributed by atoms with van der Waals surface area (Å²) in [6.45, 7) is 2.04. The molecule has 0 bridgehead atoms. The summed E-state index contributed by atoms with van der Waals surface area (Å²) in [5.41, 5.74) is 5.25. The van der Waals surface area contributed by atoms with Gasteiger partial charge in [-0.25, -0.2) is 4.98 Å². The van der Waals surface area contributed by atoms with Crippen LogP contribution < -0.4 is 0 Å². The van der Waals surface area contributed by atoms with Crippen molar-refractivity contribution >= 4 is 17.6 Å². The van der Waals surface area contributed by atoms with E-state index >= 15 is 0 Å². The van der Waals surface area contributed by atoms with E-state index in [-0.39, 0.29) is 0 Å². The highest BCUT2D eigenvalue weighted by atomic mass is 32.1. The number of hydrogen-bond acceptors (Lipinski definition) is 3. The van der Waals surface area contributed by atoms with Gasteiger partial charge in [0.15, 0.2) is 0 Å². The van der Waals surface area contributed by atoms with Crippen LogP contribution in [0.25, 0.3) is 11.3 Å². The molecule has 0 aliphatic rings. The van der Waals surface area contributed by atoms with Crippen LogP contribution in [-0.4, -0.2) is 11.3 Å². The summed E-state index contributed by atoms with van der Waals surface area (Å²) in [6, 6.07) is 16.0. The third kappa shape index (κ3) is 3.09. The standard InChI is InChI=1S/C18H15NOS/c1-13-9-14(11-20)7-8-16(13)10-18-19-17(12-21-18)15-5-3-2-4-6-15/h2-9,11-12H,10H2,1H3. The van der Waals surface area contributed by atoms with Crippen molar-refractivity contribution in [2.24, 2.45) is 0 Å². The number of carbonyl (C=O) groups excluding carboxylic acids is 1. The summed E-state index contributed by atoms with van der Waals surface area (Å²) >= 11 is 1.68. The molecule has 0 N–H and O–H groups in total. The van der Waals surface area contributed by atoms with Crippen molar-refractivity contribution in [2.45, 2.75) is 13.3 Å². The first-order valence-corrected chi connectivity index (χ1v) is 7.69. The largest absolute Gasteiger partial charge is 0.298 e. The lowest BCUT2D eigenvalue weighted by atomic mass is 10.0. The Morgan fingerprint density at radius 1 is 1.14 bits per heavy atom. The van der Waals surface area contributed by atoms with Gasteiger partial charge in [0.05, 0.1) is 10.7 Å². The Bertz CT molecular complexity index is 762. The molecular formula is C18H15NOS. The highest BCUT2D eigenvalue weighted by molar-refractivity contribution is 7.10. The highest BCUT2D eigenvalue weighted by Gasteiger charge is 2.07. The average molecular weight is 293 g/mol. The van der Waals surface area contributed by atoms with E-state index in [0.29, 0.717) is 0 Å². The zero-order valence-corrected chi connectivity index (χ0v) is 12.6. The van der Waals surface area contributed by atoms with Crippen molar-refractivity contribution in [1.82, 2.24) is 4.98 Å². The summed E-state index contributed by atoms with van der Waals surface area (Å²) in [6.07, 6.45) is 1.69. The molecule has 3 heteroatoms. The molecule has 0 fully saturated rings. The molecule has 0 spiro atoms. The topological polar surface area (TPSA) is 30.0 Å². The molecule has 2 nitrogen and oxygen atoms in total. The number of hydrogen-bond donors (Lipinski definition) is 0. The van der Waals surface area contributed by atoms with Crippen LogP contribution in [0.4, 0.5) is 0 Å². The van der Waals surface area contributed by atoms with E-state index in [0.717, 1.165) is 40.1 Å². The maximum atomic E-state index is 10.8. The Kier molecular flexibility index (Phi) is 3.93. The van der Waals surface area contributed by atoms with Gasteiger partial charge in [0.2, 0.25) is 0 Å². The summed E-state index contributed by atoms with van der Waals surface area (Å²) in [5.74, 6) is 0. The number of thiazole rings is 1. The predicted octanol–water partition coefficient (Wildman–Crippen LogP) is 4.52. The molecule has 1 heterocycles. The number of carbonyl (C=O) groups is 1. The van der Waals surface area contributed by atoms with Gasteiger partial charge in [-0.15, -0.1) is 11.3 Å². The van der Waals surface area contributed by atoms with Crippen LogP contribution in [0, 0.1) is 6.92 Å². The average Bonchev–Trinajstić information content (AvgIpc) is 2.99. The zero-order valence-electron chi connectivity index (χ0n) is 11.7. The van der Waals surface area contributed by atoms with Crippen molar-refractivity contribution in [2.75, 3.05) is 0 Å². The van der Waals surface area contributed by atoms with Crippen molar-refractivity contribution in [3.8, 4) is 11.3 Å². The molecule has 0 saturated carbocycles. The molecular weight excluding hydrogens is 278 g/mol. The highest BCUT2D eigenvalue weighted by Crippen LogP contribution is 2.24. The second kappa shape index (κ2) is 6.02. The lowest BCUT2D eigenvalue weighted by molar-refractivity contribution is 0.112. The molecule has 0 saturated heterocycles. The van der Waals surface area contributed by atoms with Gasteiger partial charge in [0, 0.05) is 22.9 Å². The number of rotatable bonds is 4. The molecule has 0 aliphatic carbocycles. The van der Waals surface area contributed by atoms with Crippen LogP contribution in [0.1, 0.15) is 26.5 Å². The van der Waals surface area contributed by atoms with Gasteiger partial charge in [-0.1, -0.05) is 42.5 Å². The minimum atomic E-state index is 0.723. The fraction of sp³-hybridized carbons (Fsp3) is 0.111. The van der Waals surface area contributed by atoms with Crippen LogP contribution in [0.15, 0.2) is 53.9 Å². The first kappa shape index (κ1) is 13.7. The van der Waals surface area contributed by atoms with E-state index in [1.807, 2.05) is 43.3 Å². The Morgan fingerprint density at radius 3 is 2.67 bits per heavy atom. The van der Waals surface area contributed by atoms with Crippen LogP contribution in [-0.2, 0) is 6.42 Å². The van der Waals surface area contributed by atoms with E-state index in [1.54, 1.807) is 11.3 Å². The minimum Gasteiger partial charge on any atom is -0.298 e. The first-order chi connectivity index (χ1) is 10.3. The second-order valence-electron chi connectivity index (χ2n) is 4.97. The molecule has 0 radical (unpaired) electrons. The Hall–Kier alpha value is -2.26. The molecule has 0 amide bonds. The fourth-order valence-electron chi connectivity index (χ4n) is 2.29. The third-order valence-corrected chi connectivity index (χ3v) is 4.31. The van der Waals surface area contributed by atoms with Crippen molar-refractivity contribution in [1.29, 1.82) is 0 Å². The monoisotopic (exact) mass is 293 g/mol. The smallest absolute Gasteiger partial charge is 0.150 e. The lowest BCUT2D eigenvalue weighted by Crippen LogP contribution is -1.93. The summed E-state index contributed by atoms with van der Waals surface area (Å²) in [4.78, 5) is 15.5. The molecule has 21 heavy (non-hydrogen) atoms. The molecule has 3 aromatic rings. The lowest BCUT2D eigenvalue weighted by Gasteiger charge is -2.04. The van der Waals surface area contributed by atoms with Crippen LogP contribution in [0.3, 0.4) is 0 Å². The van der Waals surface area contributed by atoms with Crippen molar-refractivity contribution in [3.63, 3.8) is 0 Å². The van der Waals surface area contributed by atoms with Crippen LogP contribution in [0.5, 0.6) is 0 Å². The molecule has 2 aromatic carbocycles. The summed E-state index contributed by atoms with van der Waals surface area (Å²) < 4.78 is 0. The number of aromatic nitrogens is 1. The van der Waals surface area contributed by atoms with Gasteiger partial charge in [0.1, 0.15) is 6.29 Å². The van der Waals surface area contributed by atoms with Gasteiger partial charge in [-0.05, 0) is 24.1 Å². The fourth-order valence-corrected chi connectivity index (χ4v) is 3.11. The Labute approximate surface area is 128 Å². The quantitative estimate of drug-likeness (QED) is 0.662. The van der Waals surface area contributed by atoms with Crippen LogP contribution >= 0.6 is 11.3 Å². The third-order valence-electron chi connectivity index (χ3n) is 3.47. The maximum Gasteiger partial charge on any atom is 0.150 e. The van der Waals surface area contributed by atoms with Gasteiger partial charge < -0.3 is 0 Å². The Balaban J connectivity index is 1.83. The van der Waals surface area contributed by atoms with E-state index in [9.17, 15) is 4.79 Å². The minimum absolute atomic E-state index is 0.723. The molecule has 0 atom stereocenters. The first-order valence-electron chi connectivity index (χ1n) is 6.81. The molecule has 3 rings (SSSR count). The molecule has 104 valence electrons.